The van der Waals surface area contributed by atoms with Crippen molar-refractivity contribution in [3.63, 3.8) is 0 Å². The Balaban J connectivity index is 1.76. The lowest BCUT2D eigenvalue weighted by atomic mass is 9.89. The first-order valence-corrected chi connectivity index (χ1v) is 9.64. The molecule has 1 aliphatic heterocycles. The van der Waals surface area contributed by atoms with E-state index in [0.717, 1.165) is 27.0 Å². The molecule has 0 fully saturated rings. The molecule has 0 saturated heterocycles. The Kier molecular flexibility index (Phi) is 4.36. The van der Waals surface area contributed by atoms with Gasteiger partial charge in [0.1, 0.15) is 5.75 Å². The molecule has 1 amide bonds. The third-order valence-corrected chi connectivity index (χ3v) is 6.09. The number of hydrogen-bond donors (Lipinski definition) is 1. The molecule has 0 bridgehead atoms. The second kappa shape index (κ2) is 6.65. The number of nitrogens with one attached hydrogen (secondary N) is 1. The second-order valence-corrected chi connectivity index (χ2v) is 7.80. The number of rotatable bonds is 3. The summed E-state index contributed by atoms with van der Waals surface area (Å²) in [7, 11) is 1.66. The van der Waals surface area contributed by atoms with E-state index >= 15 is 0 Å². The molecule has 1 atom stereocenters. The van der Waals surface area contributed by atoms with Gasteiger partial charge in [-0.25, -0.2) is 0 Å². The van der Waals surface area contributed by atoms with E-state index in [-0.39, 0.29) is 11.8 Å². The summed E-state index contributed by atoms with van der Waals surface area (Å²) in [6, 6.07) is 16.2. The summed E-state index contributed by atoms with van der Waals surface area (Å²) in [5, 5.41) is 5.21. The van der Waals surface area contributed by atoms with Crippen LogP contribution in [-0.4, -0.2) is 13.0 Å². The summed E-state index contributed by atoms with van der Waals surface area (Å²) >= 11 is 5.18. The molecule has 0 radical (unpaired) electrons. The molecule has 0 spiro atoms. The Morgan fingerprint density at radius 2 is 1.84 bits per heavy atom. The minimum atomic E-state index is 0.0635. The summed E-state index contributed by atoms with van der Waals surface area (Å²) in [6.45, 7) is 0. The number of ether oxygens (including phenoxy) is 1. The number of thiophene rings is 1. The van der Waals surface area contributed by atoms with Crippen molar-refractivity contribution in [1.82, 2.24) is 0 Å². The van der Waals surface area contributed by atoms with Crippen LogP contribution in [0.15, 0.2) is 58.4 Å². The van der Waals surface area contributed by atoms with E-state index in [2.05, 4.69) is 38.8 Å². The first-order valence-electron chi connectivity index (χ1n) is 7.97. The van der Waals surface area contributed by atoms with Crippen LogP contribution in [0.25, 0.3) is 11.1 Å². The van der Waals surface area contributed by atoms with E-state index in [1.165, 1.54) is 10.4 Å². The van der Waals surface area contributed by atoms with Crippen LogP contribution in [0.5, 0.6) is 5.75 Å². The van der Waals surface area contributed by atoms with Crippen LogP contribution in [-0.2, 0) is 4.79 Å². The molecule has 1 aromatic heterocycles. The van der Waals surface area contributed by atoms with Gasteiger partial charge >= 0.3 is 0 Å². The second-order valence-electron chi connectivity index (χ2n) is 5.97. The molecule has 5 heteroatoms. The third-order valence-electron chi connectivity index (χ3n) is 4.46. The maximum atomic E-state index is 12.3. The van der Waals surface area contributed by atoms with Crippen LogP contribution in [0.3, 0.4) is 0 Å². The van der Waals surface area contributed by atoms with Crippen molar-refractivity contribution in [3.8, 4) is 16.9 Å². The van der Waals surface area contributed by atoms with Crippen molar-refractivity contribution in [2.45, 2.75) is 12.3 Å². The van der Waals surface area contributed by atoms with E-state index in [1.54, 1.807) is 18.4 Å². The average Bonchev–Trinajstić information content (AvgIpc) is 3.05. The number of hydrogen-bond acceptors (Lipinski definition) is 3. The largest absolute Gasteiger partial charge is 0.497 e. The predicted molar refractivity (Wildman–Crippen MR) is 106 cm³/mol. The molecular formula is C20H16BrNO2S. The van der Waals surface area contributed by atoms with Crippen molar-refractivity contribution in [1.29, 1.82) is 0 Å². The first kappa shape index (κ1) is 16.4. The molecule has 1 aliphatic rings. The fourth-order valence-electron chi connectivity index (χ4n) is 3.17. The maximum absolute atomic E-state index is 12.3. The smallest absolute Gasteiger partial charge is 0.225 e. The van der Waals surface area contributed by atoms with Gasteiger partial charge in [0.15, 0.2) is 0 Å². The van der Waals surface area contributed by atoms with Crippen molar-refractivity contribution < 1.29 is 9.53 Å². The molecule has 2 aromatic carbocycles. The van der Waals surface area contributed by atoms with E-state index in [1.807, 2.05) is 36.4 Å². The predicted octanol–water partition coefficient (Wildman–Crippen LogP) is 5.66. The molecule has 1 N–H and O–H groups in total. The van der Waals surface area contributed by atoms with Crippen molar-refractivity contribution in [2.75, 3.05) is 12.4 Å². The highest BCUT2D eigenvalue weighted by atomic mass is 79.9. The quantitative estimate of drug-likeness (QED) is 0.601. The summed E-state index contributed by atoms with van der Waals surface area (Å²) in [4.78, 5) is 13.5. The molecule has 25 heavy (non-hydrogen) atoms. The Labute approximate surface area is 158 Å². The van der Waals surface area contributed by atoms with Gasteiger partial charge in [-0.3, -0.25) is 4.79 Å². The van der Waals surface area contributed by atoms with Crippen molar-refractivity contribution >= 4 is 38.9 Å². The van der Waals surface area contributed by atoms with Gasteiger partial charge in [-0.1, -0.05) is 40.2 Å². The normalized spacial score (nSPS) is 16.2. The highest BCUT2D eigenvalue weighted by Crippen LogP contribution is 2.46. The molecule has 2 heterocycles. The van der Waals surface area contributed by atoms with Crippen molar-refractivity contribution in [3.05, 3.63) is 68.8 Å². The van der Waals surface area contributed by atoms with Gasteiger partial charge in [-0.05, 0) is 35.4 Å². The number of carbonyl (C=O) groups is 1. The Hall–Kier alpha value is -2.11. The number of halogens is 1. The average molecular weight is 414 g/mol. The van der Waals surface area contributed by atoms with Crippen LogP contribution in [0, 0.1) is 0 Å². The molecule has 0 aliphatic carbocycles. The highest BCUT2D eigenvalue weighted by Gasteiger charge is 2.30. The number of fused-ring (bicyclic) bond motifs is 1. The van der Waals surface area contributed by atoms with Gasteiger partial charge in [-0.15, -0.1) is 11.3 Å². The number of methoxy groups -OCH3 is 1. The summed E-state index contributed by atoms with van der Waals surface area (Å²) in [5.74, 6) is 0.993. The van der Waals surface area contributed by atoms with Gasteiger partial charge in [0.25, 0.3) is 0 Å². The summed E-state index contributed by atoms with van der Waals surface area (Å²) in [6.07, 6.45) is 0.483. The molecule has 126 valence electrons. The number of amides is 1. The van der Waals surface area contributed by atoms with Gasteiger partial charge in [0.2, 0.25) is 5.91 Å². The molecule has 3 nitrogen and oxygen atoms in total. The van der Waals surface area contributed by atoms with Gasteiger partial charge in [-0.2, -0.15) is 0 Å². The third kappa shape index (κ3) is 3.10. The SMILES string of the molecule is COc1ccc(-c2csc3c2NC(=O)CC3c2ccc(Br)cc2)cc1. The van der Waals surface area contributed by atoms with Gasteiger partial charge in [0.05, 0.1) is 12.8 Å². The minimum absolute atomic E-state index is 0.0635. The van der Waals surface area contributed by atoms with E-state index in [0.29, 0.717) is 6.42 Å². The van der Waals surface area contributed by atoms with Crippen molar-refractivity contribution in [2.24, 2.45) is 0 Å². The van der Waals surface area contributed by atoms with Gasteiger partial charge < -0.3 is 10.1 Å². The zero-order chi connectivity index (χ0) is 17.4. The fraction of sp³-hybridized carbons (Fsp3) is 0.150. The van der Waals surface area contributed by atoms with Crippen LogP contribution < -0.4 is 10.1 Å². The molecule has 4 rings (SSSR count). The minimum Gasteiger partial charge on any atom is -0.497 e. The topological polar surface area (TPSA) is 38.3 Å². The maximum Gasteiger partial charge on any atom is 0.225 e. The van der Waals surface area contributed by atoms with Crippen LogP contribution in [0.4, 0.5) is 5.69 Å². The van der Waals surface area contributed by atoms with Crippen LogP contribution in [0.2, 0.25) is 0 Å². The van der Waals surface area contributed by atoms with E-state index in [4.69, 9.17) is 4.74 Å². The Morgan fingerprint density at radius 1 is 1.12 bits per heavy atom. The Morgan fingerprint density at radius 3 is 2.52 bits per heavy atom. The van der Waals surface area contributed by atoms with Crippen LogP contribution >= 0.6 is 27.3 Å². The molecular weight excluding hydrogens is 398 g/mol. The number of carbonyl (C=O) groups excluding carboxylic acids is 1. The summed E-state index contributed by atoms with van der Waals surface area (Å²) in [5.41, 5.74) is 4.26. The Bertz CT molecular complexity index is 916. The molecule has 1 unspecified atom stereocenters. The van der Waals surface area contributed by atoms with E-state index < -0.39 is 0 Å². The van der Waals surface area contributed by atoms with Crippen LogP contribution in [0.1, 0.15) is 22.8 Å². The lowest BCUT2D eigenvalue weighted by Gasteiger charge is -2.24. The standard InChI is InChI=1S/C20H16BrNO2S/c1-24-15-8-4-13(5-9-15)17-11-25-20-16(10-18(23)22-19(17)20)12-2-6-14(21)7-3-12/h2-9,11,16H,10H2,1H3,(H,22,23). The zero-order valence-corrected chi connectivity index (χ0v) is 16.0. The lowest BCUT2D eigenvalue weighted by molar-refractivity contribution is -0.116. The number of anilines is 1. The summed E-state index contributed by atoms with van der Waals surface area (Å²) < 4.78 is 6.27. The lowest BCUT2D eigenvalue weighted by Crippen LogP contribution is -2.22. The fourth-order valence-corrected chi connectivity index (χ4v) is 4.60. The molecule has 3 aromatic rings. The van der Waals surface area contributed by atoms with E-state index in [9.17, 15) is 4.79 Å². The van der Waals surface area contributed by atoms with Gasteiger partial charge in [0, 0.05) is 32.6 Å². The molecule has 0 saturated carbocycles. The zero-order valence-electron chi connectivity index (χ0n) is 13.6. The highest BCUT2D eigenvalue weighted by molar-refractivity contribution is 9.10. The monoisotopic (exact) mass is 413 g/mol. The number of benzene rings is 2. The first-order chi connectivity index (χ1) is 12.2.